The van der Waals surface area contributed by atoms with Crippen molar-refractivity contribution in [2.45, 2.75) is 31.3 Å². The fourth-order valence-corrected chi connectivity index (χ4v) is 7.91. The first kappa shape index (κ1) is 28.2. The third-order valence-electron chi connectivity index (χ3n) is 7.43. The van der Waals surface area contributed by atoms with Gasteiger partial charge in [-0.25, -0.2) is 0 Å². The second-order valence-corrected chi connectivity index (χ2v) is 12.8. The second kappa shape index (κ2) is 12.6. The monoisotopic (exact) mass is 634 g/mol. The zero-order valence-corrected chi connectivity index (χ0v) is 25.9. The van der Waals surface area contributed by atoms with Gasteiger partial charge in [0, 0.05) is 42.5 Å². The summed E-state index contributed by atoms with van der Waals surface area (Å²) in [5.74, 6) is 2.50. The lowest BCUT2D eigenvalue weighted by molar-refractivity contribution is 0.0273. The van der Waals surface area contributed by atoms with Crippen molar-refractivity contribution in [2.75, 3.05) is 39.6 Å². The Labute approximate surface area is 264 Å². The minimum Gasteiger partial charge on any atom is -0.491 e. The number of benzene rings is 4. The molecule has 0 aromatic heterocycles. The van der Waals surface area contributed by atoms with E-state index < -0.39 is 0 Å². The quantitative estimate of drug-likeness (QED) is 0.177. The zero-order chi connectivity index (χ0) is 28.5. The number of alkyl halides is 2. The van der Waals surface area contributed by atoms with Crippen molar-refractivity contribution in [1.29, 1.82) is 0 Å². The summed E-state index contributed by atoms with van der Waals surface area (Å²) < 4.78 is 23.8. The molecular weight excluding hydrogens is 607 g/mol. The van der Waals surface area contributed by atoms with Crippen molar-refractivity contribution in [3.63, 3.8) is 0 Å². The first-order valence-corrected chi connectivity index (χ1v) is 16.6. The molecule has 0 unspecified atom stereocenters. The van der Waals surface area contributed by atoms with Crippen LogP contribution in [0, 0.1) is 0 Å². The number of ether oxygens (including phenoxy) is 4. The van der Waals surface area contributed by atoms with Crippen LogP contribution >= 0.6 is 46.7 Å². The van der Waals surface area contributed by atoms with Gasteiger partial charge in [-0.15, -0.1) is 23.2 Å². The number of halogens is 2. The summed E-state index contributed by atoms with van der Waals surface area (Å²) in [4.78, 5) is 4.76. The average molecular weight is 636 g/mol. The maximum absolute atomic E-state index is 6.39. The van der Waals surface area contributed by atoms with Gasteiger partial charge in [-0.3, -0.25) is 0 Å². The summed E-state index contributed by atoms with van der Waals surface area (Å²) in [6, 6.07) is 25.8. The third-order valence-corrected chi connectivity index (χ3v) is 10.4. The molecule has 4 nitrogen and oxygen atoms in total. The minimum atomic E-state index is 0.441. The first-order valence-electron chi connectivity index (χ1n) is 13.9. The van der Waals surface area contributed by atoms with Crippen molar-refractivity contribution in [3.8, 4) is 11.5 Å². The summed E-state index contributed by atoms with van der Waals surface area (Å²) in [7, 11) is 0. The third kappa shape index (κ3) is 5.57. The number of fused-ring (bicyclic) bond motifs is 6. The fraction of sp³-hybridized carbons (Fsp3) is 0.235. The Morgan fingerprint density at radius 1 is 0.476 bits per heavy atom. The molecule has 8 heteroatoms. The molecule has 0 fully saturated rings. The van der Waals surface area contributed by atoms with E-state index in [1.807, 2.05) is 12.1 Å². The topological polar surface area (TPSA) is 36.9 Å². The molecule has 4 aromatic carbocycles. The molecule has 3 aliphatic heterocycles. The molecule has 4 aromatic rings. The fourth-order valence-electron chi connectivity index (χ4n) is 5.48. The van der Waals surface area contributed by atoms with Crippen LogP contribution in [-0.4, -0.2) is 39.6 Å². The number of hydrogen-bond acceptors (Lipinski definition) is 6. The summed E-state index contributed by atoms with van der Waals surface area (Å²) >= 11 is 16.3. The molecule has 0 amide bonds. The van der Waals surface area contributed by atoms with E-state index in [2.05, 4.69) is 60.7 Å². The van der Waals surface area contributed by atoms with E-state index >= 15 is 0 Å². The van der Waals surface area contributed by atoms with Crippen LogP contribution in [0.2, 0.25) is 0 Å². The maximum Gasteiger partial charge on any atom is 0.120 e. The van der Waals surface area contributed by atoms with Crippen LogP contribution in [0.15, 0.2) is 92.4 Å². The molecule has 42 heavy (non-hydrogen) atoms. The van der Waals surface area contributed by atoms with E-state index in [-0.39, 0.29) is 0 Å². The summed E-state index contributed by atoms with van der Waals surface area (Å²) in [6.45, 7) is 2.92. The first-order chi connectivity index (χ1) is 20.7. The van der Waals surface area contributed by atoms with Crippen LogP contribution in [0.25, 0.3) is 11.1 Å². The summed E-state index contributed by atoms with van der Waals surface area (Å²) in [5.41, 5.74) is 9.06. The Bertz CT molecular complexity index is 1560. The van der Waals surface area contributed by atoms with Gasteiger partial charge in [0.05, 0.1) is 26.4 Å². The Kier molecular flexibility index (Phi) is 8.44. The van der Waals surface area contributed by atoms with E-state index in [1.165, 1.54) is 19.6 Å². The van der Waals surface area contributed by atoms with Gasteiger partial charge >= 0.3 is 0 Å². The zero-order valence-electron chi connectivity index (χ0n) is 22.8. The van der Waals surface area contributed by atoms with Crippen molar-refractivity contribution >= 4 is 57.9 Å². The molecular formula is C34H28Cl2O4S2. The van der Waals surface area contributed by atoms with Crippen LogP contribution < -0.4 is 9.47 Å². The maximum atomic E-state index is 6.39. The molecule has 0 N–H and O–H groups in total. The SMILES string of the molecule is ClCc1ccc2c(c1)/C1=C3\c4cc(CCl)ccc4Sc4ccc(cc43)OCCOCCOCCOc3ccc(c1c3)S2. The highest BCUT2D eigenvalue weighted by atomic mass is 35.5. The predicted octanol–water partition coefficient (Wildman–Crippen LogP) is 8.91. The predicted molar refractivity (Wildman–Crippen MR) is 171 cm³/mol. The molecule has 0 saturated carbocycles. The van der Waals surface area contributed by atoms with Crippen molar-refractivity contribution in [3.05, 3.63) is 106 Å². The Morgan fingerprint density at radius 2 is 0.857 bits per heavy atom. The molecule has 0 radical (unpaired) electrons. The van der Waals surface area contributed by atoms with Gasteiger partial charge < -0.3 is 18.9 Å². The van der Waals surface area contributed by atoms with Gasteiger partial charge in [0.1, 0.15) is 24.7 Å². The molecule has 0 spiro atoms. The van der Waals surface area contributed by atoms with Crippen molar-refractivity contribution in [2.24, 2.45) is 0 Å². The Hall–Kier alpha value is -2.58. The smallest absolute Gasteiger partial charge is 0.120 e. The Morgan fingerprint density at radius 3 is 1.29 bits per heavy atom. The van der Waals surface area contributed by atoms with Crippen LogP contribution in [0.5, 0.6) is 11.5 Å². The molecule has 214 valence electrons. The standard InChI is InChI=1S/C34H28Cl2O4S2/c35-19-21-1-5-29-25(15-21)33-27-17-23(3-7-31(27)41-29)39-13-11-37-9-10-38-12-14-40-24-4-8-32-28(18-24)34(33)26-16-22(20-36)2-6-30(26)42-32/h1-8,15-18H,9-14,19-20H2/b34-33-. The summed E-state index contributed by atoms with van der Waals surface area (Å²) in [5, 5.41) is 0. The van der Waals surface area contributed by atoms with Crippen molar-refractivity contribution in [1.82, 2.24) is 0 Å². The largest absolute Gasteiger partial charge is 0.491 e. The Balaban J connectivity index is 1.53. The molecule has 0 saturated heterocycles. The lowest BCUT2D eigenvalue weighted by Crippen LogP contribution is -2.14. The van der Waals surface area contributed by atoms with E-state index in [0.29, 0.717) is 51.4 Å². The normalized spacial score (nSPS) is 18.0. The van der Waals surface area contributed by atoms with E-state index in [1.54, 1.807) is 23.5 Å². The number of hydrogen-bond donors (Lipinski definition) is 0. The van der Waals surface area contributed by atoms with Crippen LogP contribution in [0.4, 0.5) is 0 Å². The highest BCUT2D eigenvalue weighted by Gasteiger charge is 2.31. The van der Waals surface area contributed by atoms with Gasteiger partial charge in [-0.05, 0) is 94.1 Å². The van der Waals surface area contributed by atoms with Gasteiger partial charge in [-0.2, -0.15) is 0 Å². The van der Waals surface area contributed by atoms with Crippen LogP contribution in [-0.2, 0) is 21.2 Å². The average Bonchev–Trinajstić information content (AvgIpc) is 3.02. The molecule has 7 rings (SSSR count). The highest BCUT2D eigenvalue weighted by Crippen LogP contribution is 2.55. The van der Waals surface area contributed by atoms with Crippen molar-refractivity contribution < 1.29 is 18.9 Å². The van der Waals surface area contributed by atoms with Gasteiger partial charge in [0.2, 0.25) is 0 Å². The highest BCUT2D eigenvalue weighted by molar-refractivity contribution is 8.00. The van der Waals surface area contributed by atoms with E-state index in [0.717, 1.165) is 56.0 Å². The van der Waals surface area contributed by atoms with Gasteiger partial charge in [0.25, 0.3) is 0 Å². The lowest BCUT2D eigenvalue weighted by atomic mass is 9.84. The molecule has 0 aliphatic carbocycles. The van der Waals surface area contributed by atoms with Crippen LogP contribution in [0.3, 0.4) is 0 Å². The van der Waals surface area contributed by atoms with Crippen LogP contribution in [0.1, 0.15) is 33.4 Å². The molecule has 4 bridgehead atoms. The van der Waals surface area contributed by atoms with E-state index in [9.17, 15) is 0 Å². The molecule has 3 heterocycles. The lowest BCUT2D eigenvalue weighted by Gasteiger charge is -2.30. The number of rotatable bonds is 2. The van der Waals surface area contributed by atoms with Gasteiger partial charge in [-0.1, -0.05) is 35.7 Å². The molecule has 3 aliphatic rings. The van der Waals surface area contributed by atoms with Gasteiger partial charge in [0.15, 0.2) is 0 Å². The van der Waals surface area contributed by atoms with E-state index in [4.69, 9.17) is 42.1 Å². The minimum absolute atomic E-state index is 0.441. The summed E-state index contributed by atoms with van der Waals surface area (Å²) in [6.07, 6.45) is 0. The molecule has 0 atom stereocenters. The second-order valence-electron chi connectivity index (χ2n) is 10.1.